The molecule has 0 aliphatic carbocycles. The van der Waals surface area contributed by atoms with Gasteiger partial charge in [0, 0.05) is 18.9 Å². The van der Waals surface area contributed by atoms with E-state index in [4.69, 9.17) is 4.74 Å². The number of halogens is 8. The van der Waals surface area contributed by atoms with E-state index in [9.17, 15) is 54.8 Å². The van der Waals surface area contributed by atoms with Gasteiger partial charge < -0.3 is 9.47 Å². The molecule has 31 heavy (non-hydrogen) atoms. The van der Waals surface area contributed by atoms with E-state index < -0.39 is 66.9 Å². The van der Waals surface area contributed by atoms with Gasteiger partial charge in [0.05, 0.1) is 11.0 Å². The first-order valence-electron chi connectivity index (χ1n) is 8.14. The fourth-order valence-electron chi connectivity index (χ4n) is 1.93. The van der Waals surface area contributed by atoms with Crippen molar-refractivity contribution in [3.63, 3.8) is 0 Å². The number of hydrogen-bond acceptors (Lipinski definition) is 6. The number of ether oxygens (including phenoxy) is 2. The number of nitro groups is 1. The molecule has 15 heteroatoms. The summed E-state index contributed by atoms with van der Waals surface area (Å²) in [6.07, 6.45) is -6.85. The summed E-state index contributed by atoms with van der Waals surface area (Å²) in [5.41, 5.74) is -0.385. The number of carbonyl (C=O) groups is 2. The van der Waals surface area contributed by atoms with E-state index in [0.717, 1.165) is 12.1 Å². The van der Waals surface area contributed by atoms with Gasteiger partial charge in [-0.3, -0.25) is 19.7 Å². The number of nitro benzene ring substituents is 1. The highest BCUT2D eigenvalue weighted by Gasteiger charge is 2.75. The average molecular weight is 467 g/mol. The number of alkyl halides is 8. The Balaban J connectivity index is 2.51. The van der Waals surface area contributed by atoms with Gasteiger partial charge in [0.15, 0.2) is 6.61 Å². The zero-order chi connectivity index (χ0) is 24.0. The van der Waals surface area contributed by atoms with Gasteiger partial charge in [0.1, 0.15) is 5.75 Å². The topological polar surface area (TPSA) is 95.7 Å². The lowest BCUT2D eigenvalue weighted by molar-refractivity contribution is -0.384. The van der Waals surface area contributed by atoms with E-state index in [1.807, 2.05) is 0 Å². The summed E-state index contributed by atoms with van der Waals surface area (Å²) >= 11 is 0. The van der Waals surface area contributed by atoms with Crippen LogP contribution in [0.4, 0.5) is 40.8 Å². The van der Waals surface area contributed by atoms with Crippen LogP contribution in [0.2, 0.25) is 0 Å². The van der Waals surface area contributed by atoms with Crippen LogP contribution in [0.15, 0.2) is 24.3 Å². The molecule has 0 saturated carbocycles. The standard InChI is InChI=1S/C16H13F8NO6/c17-13(18)15(21,22)16(23,24)14(19,20)8-30-11(26)5-2-6-12(27)31-10-4-1-3-9(7-10)25(28)29/h1,3-4,7,13H,2,5-6,8H2. The molecular weight excluding hydrogens is 454 g/mol. The van der Waals surface area contributed by atoms with E-state index >= 15 is 0 Å². The van der Waals surface area contributed by atoms with Crippen LogP contribution in [-0.2, 0) is 14.3 Å². The summed E-state index contributed by atoms with van der Waals surface area (Å²) < 4.78 is 110. The Morgan fingerprint density at radius 2 is 1.61 bits per heavy atom. The molecule has 0 bridgehead atoms. The summed E-state index contributed by atoms with van der Waals surface area (Å²) in [6.45, 7) is -2.60. The first kappa shape index (κ1) is 26.0. The summed E-state index contributed by atoms with van der Waals surface area (Å²) in [5.74, 6) is -21.5. The summed E-state index contributed by atoms with van der Waals surface area (Å²) in [4.78, 5) is 32.7. The first-order valence-corrected chi connectivity index (χ1v) is 8.14. The van der Waals surface area contributed by atoms with Crippen molar-refractivity contribution in [2.75, 3.05) is 6.61 Å². The summed E-state index contributed by atoms with van der Waals surface area (Å²) in [6, 6.07) is 4.45. The minimum absolute atomic E-state index is 0.205. The lowest BCUT2D eigenvalue weighted by Gasteiger charge is -2.31. The molecule has 0 amide bonds. The lowest BCUT2D eigenvalue weighted by atomic mass is 10.1. The molecule has 0 radical (unpaired) electrons. The van der Waals surface area contributed by atoms with E-state index in [1.54, 1.807) is 0 Å². The van der Waals surface area contributed by atoms with Crippen LogP contribution < -0.4 is 4.74 Å². The first-order chi connectivity index (χ1) is 14.1. The highest BCUT2D eigenvalue weighted by atomic mass is 19.4. The van der Waals surface area contributed by atoms with E-state index in [2.05, 4.69) is 4.74 Å². The van der Waals surface area contributed by atoms with Crippen LogP contribution in [0.3, 0.4) is 0 Å². The molecule has 0 fully saturated rings. The average Bonchev–Trinajstić information content (AvgIpc) is 2.66. The second-order valence-corrected chi connectivity index (χ2v) is 5.95. The van der Waals surface area contributed by atoms with Gasteiger partial charge >= 0.3 is 36.1 Å². The Bertz CT molecular complexity index is 817. The zero-order valence-corrected chi connectivity index (χ0v) is 15.1. The van der Waals surface area contributed by atoms with Crippen molar-refractivity contribution in [2.45, 2.75) is 43.5 Å². The van der Waals surface area contributed by atoms with Crippen molar-refractivity contribution in [1.29, 1.82) is 0 Å². The molecule has 0 saturated heterocycles. The molecule has 0 aliphatic heterocycles. The quantitative estimate of drug-likeness (QED) is 0.158. The molecule has 0 aliphatic rings. The van der Waals surface area contributed by atoms with Gasteiger partial charge in [-0.2, -0.15) is 26.3 Å². The third-order valence-electron chi connectivity index (χ3n) is 3.59. The van der Waals surface area contributed by atoms with Crippen molar-refractivity contribution in [1.82, 2.24) is 0 Å². The SMILES string of the molecule is O=C(CCCC(=O)Oc1cccc([N+](=O)[O-])c1)OCC(F)(F)C(F)(F)C(F)(F)C(F)F. The zero-order valence-electron chi connectivity index (χ0n) is 15.1. The van der Waals surface area contributed by atoms with Crippen molar-refractivity contribution in [3.05, 3.63) is 34.4 Å². The van der Waals surface area contributed by atoms with Gasteiger partial charge in [-0.25, -0.2) is 8.78 Å². The smallest absolute Gasteiger partial charge is 0.381 e. The van der Waals surface area contributed by atoms with Crippen LogP contribution in [-0.4, -0.2) is 47.7 Å². The maximum atomic E-state index is 13.2. The normalized spacial score (nSPS) is 12.5. The highest BCUT2D eigenvalue weighted by molar-refractivity contribution is 5.74. The number of rotatable bonds is 11. The molecule has 7 nitrogen and oxygen atoms in total. The molecule has 0 unspecified atom stereocenters. The second-order valence-electron chi connectivity index (χ2n) is 5.95. The summed E-state index contributed by atoms with van der Waals surface area (Å²) in [7, 11) is 0. The molecule has 0 spiro atoms. The fourth-order valence-corrected chi connectivity index (χ4v) is 1.93. The van der Waals surface area contributed by atoms with Crippen molar-refractivity contribution in [2.24, 2.45) is 0 Å². The third kappa shape index (κ3) is 6.49. The second kappa shape index (κ2) is 9.87. The molecule has 0 aromatic heterocycles. The minimum Gasteiger partial charge on any atom is -0.459 e. The molecule has 1 aromatic rings. The van der Waals surface area contributed by atoms with Crippen LogP contribution >= 0.6 is 0 Å². The van der Waals surface area contributed by atoms with E-state index in [0.29, 0.717) is 0 Å². The van der Waals surface area contributed by atoms with Crippen LogP contribution in [0.1, 0.15) is 19.3 Å². The Morgan fingerprint density at radius 3 is 2.16 bits per heavy atom. The number of benzene rings is 1. The van der Waals surface area contributed by atoms with Crippen molar-refractivity contribution < 1.29 is 59.1 Å². The maximum absolute atomic E-state index is 13.2. The number of non-ortho nitro benzene ring substituents is 1. The Labute approximate surface area is 168 Å². The van der Waals surface area contributed by atoms with E-state index in [-0.39, 0.29) is 11.4 Å². The number of hydrogen-bond donors (Lipinski definition) is 0. The number of carbonyl (C=O) groups excluding carboxylic acids is 2. The Morgan fingerprint density at radius 1 is 1.03 bits per heavy atom. The van der Waals surface area contributed by atoms with Gasteiger partial charge in [-0.15, -0.1) is 0 Å². The van der Waals surface area contributed by atoms with E-state index in [1.165, 1.54) is 12.1 Å². The van der Waals surface area contributed by atoms with Crippen LogP contribution in [0.25, 0.3) is 0 Å². The third-order valence-corrected chi connectivity index (χ3v) is 3.59. The summed E-state index contributed by atoms with van der Waals surface area (Å²) in [5, 5.41) is 10.6. The molecule has 0 heterocycles. The van der Waals surface area contributed by atoms with Gasteiger partial charge in [0.25, 0.3) is 5.69 Å². The predicted octanol–water partition coefficient (Wildman–Crippen LogP) is 4.38. The van der Waals surface area contributed by atoms with Crippen molar-refractivity contribution >= 4 is 17.6 Å². The number of nitrogens with zero attached hydrogens (tertiary/aromatic N) is 1. The van der Waals surface area contributed by atoms with Crippen molar-refractivity contribution in [3.8, 4) is 5.75 Å². The molecular formula is C16H13F8NO6. The maximum Gasteiger partial charge on any atom is 0.381 e. The predicted molar refractivity (Wildman–Crippen MR) is 84.4 cm³/mol. The van der Waals surface area contributed by atoms with Gasteiger partial charge in [0.2, 0.25) is 0 Å². The fraction of sp³-hybridized carbons (Fsp3) is 0.500. The molecule has 174 valence electrons. The molecule has 0 N–H and O–H groups in total. The monoisotopic (exact) mass is 467 g/mol. The number of esters is 2. The van der Waals surface area contributed by atoms with Gasteiger partial charge in [-0.1, -0.05) is 6.07 Å². The van der Waals surface area contributed by atoms with Crippen LogP contribution in [0.5, 0.6) is 5.75 Å². The lowest BCUT2D eigenvalue weighted by Crippen LogP contribution is -2.59. The minimum atomic E-state index is -6.50. The Hall–Kier alpha value is -3.00. The Kier molecular flexibility index (Phi) is 8.29. The molecule has 0 atom stereocenters. The molecule has 1 aromatic carbocycles. The van der Waals surface area contributed by atoms with Gasteiger partial charge in [-0.05, 0) is 12.5 Å². The van der Waals surface area contributed by atoms with Crippen LogP contribution in [0, 0.1) is 10.1 Å². The largest absolute Gasteiger partial charge is 0.459 e. The highest BCUT2D eigenvalue weighted by Crippen LogP contribution is 2.48. The molecule has 1 rings (SSSR count).